The molecule has 0 aromatic heterocycles. The van der Waals surface area contributed by atoms with Gasteiger partial charge in [0, 0.05) is 7.11 Å². The van der Waals surface area contributed by atoms with Crippen LogP contribution in [0.1, 0.15) is 65.7 Å². The molecule has 0 spiro atoms. The molecular formula is C17H32O. The number of ether oxygens (including phenoxy) is 1. The van der Waals surface area contributed by atoms with Crippen molar-refractivity contribution in [2.75, 3.05) is 7.11 Å². The number of hydrogen-bond acceptors (Lipinski definition) is 1. The van der Waals surface area contributed by atoms with Crippen molar-refractivity contribution in [3.63, 3.8) is 0 Å². The van der Waals surface area contributed by atoms with Gasteiger partial charge >= 0.3 is 0 Å². The van der Waals surface area contributed by atoms with Crippen molar-refractivity contribution >= 4 is 0 Å². The zero-order valence-electron chi connectivity index (χ0n) is 12.8. The molecule has 0 aliphatic heterocycles. The summed E-state index contributed by atoms with van der Waals surface area (Å²) in [6, 6.07) is 0. The topological polar surface area (TPSA) is 9.23 Å². The van der Waals surface area contributed by atoms with Crippen LogP contribution in [-0.4, -0.2) is 13.2 Å². The van der Waals surface area contributed by atoms with Crippen LogP contribution in [0.4, 0.5) is 0 Å². The zero-order chi connectivity index (χ0) is 13.1. The van der Waals surface area contributed by atoms with E-state index in [0.717, 1.165) is 29.6 Å². The van der Waals surface area contributed by atoms with Crippen LogP contribution in [0.3, 0.4) is 0 Å². The van der Waals surface area contributed by atoms with Gasteiger partial charge < -0.3 is 4.74 Å². The molecule has 2 fully saturated rings. The molecular weight excluding hydrogens is 220 g/mol. The van der Waals surface area contributed by atoms with Gasteiger partial charge in [-0.3, -0.25) is 0 Å². The van der Waals surface area contributed by atoms with Crippen molar-refractivity contribution in [3.8, 4) is 0 Å². The fourth-order valence-corrected chi connectivity index (χ4v) is 4.63. The molecule has 2 rings (SSSR count). The molecule has 1 nitrogen and oxygen atoms in total. The van der Waals surface area contributed by atoms with Gasteiger partial charge in [-0.25, -0.2) is 0 Å². The van der Waals surface area contributed by atoms with Crippen molar-refractivity contribution < 1.29 is 4.74 Å². The normalized spacial score (nSPS) is 46.0. The van der Waals surface area contributed by atoms with E-state index < -0.39 is 0 Å². The maximum atomic E-state index is 5.64. The van der Waals surface area contributed by atoms with Gasteiger partial charge in [0.15, 0.2) is 0 Å². The molecule has 0 radical (unpaired) electrons. The third-order valence-electron chi connectivity index (χ3n) is 6.25. The minimum Gasteiger partial charge on any atom is -0.381 e. The standard InChI is InChI=1S/C17H32O/c1-5-14-6-8-15(9-7-14)16-10-11-17(18-4)13(3)12(16)2/h12-17H,5-11H2,1-4H3. The summed E-state index contributed by atoms with van der Waals surface area (Å²) in [5, 5.41) is 0. The van der Waals surface area contributed by atoms with Crippen LogP contribution in [0.2, 0.25) is 0 Å². The van der Waals surface area contributed by atoms with Crippen LogP contribution < -0.4 is 0 Å². The van der Waals surface area contributed by atoms with Crippen LogP contribution in [0.25, 0.3) is 0 Å². The average Bonchev–Trinajstić information content (AvgIpc) is 2.42. The smallest absolute Gasteiger partial charge is 0.0599 e. The summed E-state index contributed by atoms with van der Waals surface area (Å²) in [5.41, 5.74) is 0. The van der Waals surface area contributed by atoms with Crippen molar-refractivity contribution in [1.29, 1.82) is 0 Å². The largest absolute Gasteiger partial charge is 0.381 e. The summed E-state index contributed by atoms with van der Waals surface area (Å²) in [5.74, 6) is 4.63. The molecule has 0 heterocycles. The van der Waals surface area contributed by atoms with Gasteiger partial charge in [-0.15, -0.1) is 0 Å². The van der Waals surface area contributed by atoms with Crippen molar-refractivity contribution in [2.45, 2.75) is 71.8 Å². The molecule has 18 heavy (non-hydrogen) atoms. The van der Waals surface area contributed by atoms with Gasteiger partial charge in [0.1, 0.15) is 0 Å². The quantitative estimate of drug-likeness (QED) is 0.694. The van der Waals surface area contributed by atoms with E-state index in [-0.39, 0.29) is 0 Å². The zero-order valence-corrected chi connectivity index (χ0v) is 12.8. The van der Waals surface area contributed by atoms with Crippen LogP contribution >= 0.6 is 0 Å². The second kappa shape index (κ2) is 6.41. The third kappa shape index (κ3) is 2.92. The molecule has 2 saturated carbocycles. The predicted octanol–water partition coefficient (Wildman–Crippen LogP) is 4.90. The molecule has 0 bridgehead atoms. The summed E-state index contributed by atoms with van der Waals surface area (Å²) < 4.78 is 5.64. The van der Waals surface area contributed by atoms with Crippen LogP contribution in [-0.2, 0) is 4.74 Å². The molecule has 0 aromatic rings. The fourth-order valence-electron chi connectivity index (χ4n) is 4.63. The van der Waals surface area contributed by atoms with Gasteiger partial charge in [0.25, 0.3) is 0 Å². The molecule has 4 atom stereocenters. The summed E-state index contributed by atoms with van der Waals surface area (Å²) in [4.78, 5) is 0. The summed E-state index contributed by atoms with van der Waals surface area (Å²) >= 11 is 0. The van der Waals surface area contributed by atoms with E-state index in [4.69, 9.17) is 4.74 Å². The Morgan fingerprint density at radius 1 is 0.889 bits per heavy atom. The van der Waals surface area contributed by atoms with E-state index in [0.29, 0.717) is 6.10 Å². The van der Waals surface area contributed by atoms with Crippen molar-refractivity contribution in [1.82, 2.24) is 0 Å². The molecule has 4 unspecified atom stereocenters. The predicted molar refractivity (Wildman–Crippen MR) is 77.6 cm³/mol. The van der Waals surface area contributed by atoms with E-state index in [1.807, 2.05) is 7.11 Å². The molecule has 2 aliphatic rings. The second-order valence-corrected chi connectivity index (χ2v) is 6.92. The first-order valence-corrected chi connectivity index (χ1v) is 8.20. The van der Waals surface area contributed by atoms with Crippen LogP contribution in [0.5, 0.6) is 0 Å². The number of hydrogen-bond donors (Lipinski definition) is 0. The Morgan fingerprint density at radius 2 is 1.56 bits per heavy atom. The highest BCUT2D eigenvalue weighted by atomic mass is 16.5. The highest BCUT2D eigenvalue weighted by Gasteiger charge is 2.38. The van der Waals surface area contributed by atoms with E-state index in [9.17, 15) is 0 Å². The lowest BCUT2D eigenvalue weighted by Gasteiger charge is -2.44. The van der Waals surface area contributed by atoms with E-state index in [1.54, 1.807) is 0 Å². The average molecular weight is 252 g/mol. The Hall–Kier alpha value is -0.0400. The minimum absolute atomic E-state index is 0.517. The number of methoxy groups -OCH3 is 1. The highest BCUT2D eigenvalue weighted by molar-refractivity contribution is 4.88. The Labute approximate surface area is 114 Å². The SMILES string of the molecule is CCC1CCC(C2CCC(OC)C(C)C2C)CC1. The van der Waals surface area contributed by atoms with Gasteiger partial charge in [-0.2, -0.15) is 0 Å². The summed E-state index contributed by atoms with van der Waals surface area (Å²) in [6.45, 7) is 7.24. The lowest BCUT2D eigenvalue weighted by Crippen LogP contribution is -2.39. The number of rotatable bonds is 3. The molecule has 1 heteroatoms. The Bertz CT molecular complexity index is 242. The van der Waals surface area contributed by atoms with Crippen molar-refractivity contribution in [3.05, 3.63) is 0 Å². The third-order valence-corrected chi connectivity index (χ3v) is 6.25. The van der Waals surface area contributed by atoms with E-state index in [2.05, 4.69) is 20.8 Å². The highest BCUT2D eigenvalue weighted by Crippen LogP contribution is 2.45. The van der Waals surface area contributed by atoms with Gasteiger partial charge in [0.2, 0.25) is 0 Å². The van der Waals surface area contributed by atoms with Gasteiger partial charge in [-0.05, 0) is 55.3 Å². The van der Waals surface area contributed by atoms with Crippen LogP contribution in [0.15, 0.2) is 0 Å². The fraction of sp³-hybridized carbons (Fsp3) is 1.00. The molecule has 0 N–H and O–H groups in total. The molecule has 0 amide bonds. The van der Waals surface area contributed by atoms with Crippen molar-refractivity contribution in [2.24, 2.45) is 29.6 Å². The van der Waals surface area contributed by atoms with Crippen LogP contribution in [0, 0.1) is 29.6 Å². The monoisotopic (exact) mass is 252 g/mol. The van der Waals surface area contributed by atoms with Gasteiger partial charge in [-0.1, -0.05) is 40.0 Å². The molecule has 0 aromatic carbocycles. The summed E-state index contributed by atoms with van der Waals surface area (Å²) in [7, 11) is 1.89. The van der Waals surface area contributed by atoms with E-state index in [1.165, 1.54) is 44.9 Å². The lowest BCUT2D eigenvalue weighted by molar-refractivity contribution is -0.0337. The molecule has 2 aliphatic carbocycles. The van der Waals surface area contributed by atoms with E-state index >= 15 is 0 Å². The molecule has 0 saturated heterocycles. The first-order chi connectivity index (χ1) is 8.67. The van der Waals surface area contributed by atoms with Gasteiger partial charge in [0.05, 0.1) is 6.10 Å². The summed E-state index contributed by atoms with van der Waals surface area (Å²) in [6.07, 6.45) is 10.6. The Balaban J connectivity index is 1.90. The molecule has 106 valence electrons. The maximum absolute atomic E-state index is 5.64. The lowest BCUT2D eigenvalue weighted by atomic mass is 9.63. The first-order valence-electron chi connectivity index (χ1n) is 8.20. The first kappa shape index (κ1) is 14.4. The second-order valence-electron chi connectivity index (χ2n) is 6.92. The minimum atomic E-state index is 0.517. The maximum Gasteiger partial charge on any atom is 0.0599 e. The Morgan fingerprint density at radius 3 is 2.11 bits per heavy atom. The Kier molecular flexibility index (Phi) is 5.12.